The molecule has 0 aromatic rings. The number of hydrogen-bond acceptors (Lipinski definition) is 3. The first-order valence-corrected chi connectivity index (χ1v) is 7.61. The summed E-state index contributed by atoms with van der Waals surface area (Å²) in [6, 6.07) is 0.628. The maximum atomic E-state index is 11.8. The van der Waals surface area contributed by atoms with Crippen molar-refractivity contribution in [1.82, 2.24) is 10.2 Å². The van der Waals surface area contributed by atoms with E-state index in [0.29, 0.717) is 31.5 Å². The molecule has 0 atom stereocenters. The second-order valence-electron chi connectivity index (χ2n) is 6.05. The zero-order valence-corrected chi connectivity index (χ0v) is 12.9. The van der Waals surface area contributed by atoms with E-state index in [9.17, 15) is 4.79 Å². The molecule has 0 unspecified atom stereocenters. The highest BCUT2D eigenvalue weighted by Gasteiger charge is 2.22. The predicted octanol–water partition coefficient (Wildman–Crippen LogP) is 2.04. The average molecular weight is 270 g/mol. The molecule has 1 aliphatic heterocycles. The Morgan fingerprint density at radius 2 is 1.89 bits per heavy atom. The molecule has 0 aromatic heterocycles. The lowest BCUT2D eigenvalue weighted by Crippen LogP contribution is -2.39. The van der Waals surface area contributed by atoms with Gasteiger partial charge in [0.05, 0.1) is 12.7 Å². The van der Waals surface area contributed by atoms with Crippen molar-refractivity contribution in [3.8, 4) is 0 Å². The monoisotopic (exact) mass is 270 g/mol. The quantitative estimate of drug-likeness (QED) is 0.720. The summed E-state index contributed by atoms with van der Waals surface area (Å²) < 4.78 is 5.40. The Kier molecular flexibility index (Phi) is 7.39. The molecule has 1 amide bonds. The summed E-state index contributed by atoms with van der Waals surface area (Å²) in [6.07, 6.45) is 3.20. The van der Waals surface area contributed by atoms with E-state index in [1.54, 1.807) is 0 Å². The molecule has 1 aliphatic rings. The molecular formula is C15H30N2O2. The molecule has 0 bridgehead atoms. The van der Waals surface area contributed by atoms with Crippen LogP contribution in [0.4, 0.5) is 0 Å². The van der Waals surface area contributed by atoms with Crippen molar-refractivity contribution in [2.45, 2.75) is 59.1 Å². The van der Waals surface area contributed by atoms with Gasteiger partial charge in [-0.2, -0.15) is 0 Å². The SMILES string of the molecule is CC(C)OCCNC(=O)CC1CCN(C(C)C)CC1. The molecular weight excluding hydrogens is 240 g/mol. The number of rotatable bonds is 7. The van der Waals surface area contributed by atoms with E-state index in [1.807, 2.05) is 13.8 Å². The second-order valence-corrected chi connectivity index (χ2v) is 6.05. The van der Waals surface area contributed by atoms with E-state index in [1.165, 1.54) is 0 Å². The summed E-state index contributed by atoms with van der Waals surface area (Å²) in [5.74, 6) is 0.733. The minimum atomic E-state index is 0.176. The summed E-state index contributed by atoms with van der Waals surface area (Å²) in [4.78, 5) is 14.3. The summed E-state index contributed by atoms with van der Waals surface area (Å²) in [6.45, 7) is 12.0. The van der Waals surface area contributed by atoms with E-state index in [4.69, 9.17) is 4.74 Å². The number of piperidine rings is 1. The fourth-order valence-electron chi connectivity index (χ4n) is 2.49. The van der Waals surface area contributed by atoms with Gasteiger partial charge in [0, 0.05) is 19.0 Å². The van der Waals surface area contributed by atoms with Crippen LogP contribution >= 0.6 is 0 Å². The normalized spacial score (nSPS) is 18.2. The molecule has 1 saturated heterocycles. The minimum Gasteiger partial charge on any atom is -0.377 e. The smallest absolute Gasteiger partial charge is 0.220 e. The maximum Gasteiger partial charge on any atom is 0.220 e. The van der Waals surface area contributed by atoms with Gasteiger partial charge < -0.3 is 15.0 Å². The lowest BCUT2D eigenvalue weighted by Gasteiger charge is -2.34. The Labute approximate surface area is 117 Å². The summed E-state index contributed by atoms with van der Waals surface area (Å²) in [5.41, 5.74) is 0. The van der Waals surface area contributed by atoms with Crippen LogP contribution in [0.3, 0.4) is 0 Å². The molecule has 0 radical (unpaired) electrons. The minimum absolute atomic E-state index is 0.176. The Bertz CT molecular complexity index is 259. The van der Waals surface area contributed by atoms with Gasteiger partial charge in [-0.05, 0) is 59.5 Å². The molecule has 0 saturated carbocycles. The molecule has 0 spiro atoms. The third-order valence-corrected chi connectivity index (χ3v) is 3.73. The van der Waals surface area contributed by atoms with Crippen LogP contribution in [0.25, 0.3) is 0 Å². The van der Waals surface area contributed by atoms with Crippen LogP contribution in [0.1, 0.15) is 47.0 Å². The van der Waals surface area contributed by atoms with Crippen LogP contribution in [-0.4, -0.2) is 49.2 Å². The van der Waals surface area contributed by atoms with E-state index in [2.05, 4.69) is 24.1 Å². The Hall–Kier alpha value is -0.610. The van der Waals surface area contributed by atoms with E-state index in [0.717, 1.165) is 25.9 Å². The fraction of sp³-hybridized carbons (Fsp3) is 0.933. The predicted molar refractivity (Wildman–Crippen MR) is 78.1 cm³/mol. The molecule has 1 N–H and O–H groups in total. The third-order valence-electron chi connectivity index (χ3n) is 3.73. The fourth-order valence-corrected chi connectivity index (χ4v) is 2.49. The number of carbonyl (C=O) groups is 1. The van der Waals surface area contributed by atoms with Crippen LogP contribution in [0, 0.1) is 5.92 Å². The van der Waals surface area contributed by atoms with Gasteiger partial charge in [0.2, 0.25) is 5.91 Å². The van der Waals surface area contributed by atoms with Gasteiger partial charge in [-0.15, -0.1) is 0 Å². The van der Waals surface area contributed by atoms with Gasteiger partial charge in [-0.3, -0.25) is 4.79 Å². The van der Waals surface area contributed by atoms with Gasteiger partial charge in [-0.25, -0.2) is 0 Å². The Balaban J connectivity index is 2.10. The van der Waals surface area contributed by atoms with E-state index >= 15 is 0 Å². The van der Waals surface area contributed by atoms with Crippen LogP contribution < -0.4 is 5.32 Å². The Morgan fingerprint density at radius 1 is 1.26 bits per heavy atom. The van der Waals surface area contributed by atoms with E-state index in [-0.39, 0.29) is 12.0 Å². The van der Waals surface area contributed by atoms with Crippen LogP contribution in [0.2, 0.25) is 0 Å². The van der Waals surface area contributed by atoms with Crippen molar-refractivity contribution >= 4 is 5.91 Å². The zero-order chi connectivity index (χ0) is 14.3. The van der Waals surface area contributed by atoms with Crippen LogP contribution in [0.15, 0.2) is 0 Å². The third kappa shape index (κ3) is 6.92. The van der Waals surface area contributed by atoms with Crippen molar-refractivity contribution < 1.29 is 9.53 Å². The molecule has 1 fully saturated rings. The first-order chi connectivity index (χ1) is 8.99. The number of nitrogens with one attached hydrogen (secondary N) is 1. The van der Waals surface area contributed by atoms with Gasteiger partial charge in [-0.1, -0.05) is 0 Å². The van der Waals surface area contributed by atoms with Gasteiger partial charge in [0.25, 0.3) is 0 Å². The number of hydrogen-bond donors (Lipinski definition) is 1. The number of amides is 1. The standard InChI is InChI=1S/C15H30N2O2/c1-12(2)17-8-5-14(6-9-17)11-15(18)16-7-10-19-13(3)4/h12-14H,5-11H2,1-4H3,(H,16,18). The molecule has 0 aromatic carbocycles. The maximum absolute atomic E-state index is 11.8. The lowest BCUT2D eigenvalue weighted by atomic mass is 9.92. The molecule has 1 rings (SSSR count). The van der Waals surface area contributed by atoms with Crippen molar-refractivity contribution in [2.75, 3.05) is 26.2 Å². The highest BCUT2D eigenvalue weighted by Crippen LogP contribution is 2.21. The molecule has 19 heavy (non-hydrogen) atoms. The first-order valence-electron chi connectivity index (χ1n) is 7.61. The lowest BCUT2D eigenvalue weighted by molar-refractivity contribution is -0.122. The average Bonchev–Trinajstić information content (AvgIpc) is 2.35. The highest BCUT2D eigenvalue weighted by atomic mass is 16.5. The molecule has 1 heterocycles. The van der Waals surface area contributed by atoms with Crippen molar-refractivity contribution in [3.05, 3.63) is 0 Å². The molecule has 4 heteroatoms. The number of carbonyl (C=O) groups excluding carboxylic acids is 1. The summed E-state index contributed by atoms with van der Waals surface area (Å²) in [7, 11) is 0. The van der Waals surface area contributed by atoms with Crippen LogP contribution in [-0.2, 0) is 9.53 Å². The molecule has 112 valence electrons. The van der Waals surface area contributed by atoms with Crippen molar-refractivity contribution in [3.63, 3.8) is 0 Å². The van der Waals surface area contributed by atoms with Gasteiger partial charge >= 0.3 is 0 Å². The zero-order valence-electron chi connectivity index (χ0n) is 12.9. The number of nitrogens with zero attached hydrogens (tertiary/aromatic N) is 1. The molecule has 4 nitrogen and oxygen atoms in total. The summed E-state index contributed by atoms with van der Waals surface area (Å²) >= 11 is 0. The Morgan fingerprint density at radius 3 is 2.42 bits per heavy atom. The number of likely N-dealkylation sites (tertiary alicyclic amines) is 1. The van der Waals surface area contributed by atoms with Crippen molar-refractivity contribution in [1.29, 1.82) is 0 Å². The number of ether oxygens (including phenoxy) is 1. The van der Waals surface area contributed by atoms with Gasteiger partial charge in [0.1, 0.15) is 0 Å². The summed E-state index contributed by atoms with van der Waals surface area (Å²) in [5, 5.41) is 2.94. The largest absolute Gasteiger partial charge is 0.377 e. The topological polar surface area (TPSA) is 41.6 Å². The molecule has 0 aliphatic carbocycles. The van der Waals surface area contributed by atoms with E-state index < -0.39 is 0 Å². The highest BCUT2D eigenvalue weighted by molar-refractivity contribution is 5.76. The second kappa shape index (κ2) is 8.54. The van der Waals surface area contributed by atoms with Crippen LogP contribution in [0.5, 0.6) is 0 Å². The van der Waals surface area contributed by atoms with Crippen molar-refractivity contribution in [2.24, 2.45) is 5.92 Å². The first kappa shape index (κ1) is 16.4. The van der Waals surface area contributed by atoms with Gasteiger partial charge in [0.15, 0.2) is 0 Å².